The summed E-state index contributed by atoms with van der Waals surface area (Å²) in [5, 5.41) is 2.20. The summed E-state index contributed by atoms with van der Waals surface area (Å²) in [5.41, 5.74) is 4.27. The largest absolute Gasteiger partial charge is 0.489 e. The zero-order valence-electron chi connectivity index (χ0n) is 23.7. The second-order valence-electron chi connectivity index (χ2n) is 9.48. The lowest BCUT2D eigenvalue weighted by Gasteiger charge is -2.26. The van der Waals surface area contributed by atoms with Gasteiger partial charge in [0.25, 0.3) is 0 Å². The summed E-state index contributed by atoms with van der Waals surface area (Å²) in [6.07, 6.45) is 2.37. The van der Waals surface area contributed by atoms with Gasteiger partial charge in [0.1, 0.15) is 12.4 Å². The predicted octanol–water partition coefficient (Wildman–Crippen LogP) is 5.34. The molecule has 0 spiro atoms. The third-order valence-corrected chi connectivity index (χ3v) is 6.66. The number of Topliss-reactive ketones (excluding diaryl/α,β-unsaturated/α-hetero) is 1. The zero-order chi connectivity index (χ0) is 27.9. The topological polar surface area (TPSA) is 84.9 Å². The fourth-order valence-corrected chi connectivity index (χ4v) is 4.00. The first-order valence-electron chi connectivity index (χ1n) is 13.8. The molecule has 1 N–H and O–H groups in total. The molecule has 2 aromatic carbocycles. The molecule has 0 saturated carbocycles. The van der Waals surface area contributed by atoms with Crippen LogP contribution in [0, 0.1) is 5.92 Å². The number of amides is 2. The Hall–Kier alpha value is -3.03. The van der Waals surface area contributed by atoms with E-state index in [-0.39, 0.29) is 23.5 Å². The van der Waals surface area contributed by atoms with Crippen LogP contribution in [-0.2, 0) is 33.9 Å². The van der Waals surface area contributed by atoms with Crippen LogP contribution in [-0.4, -0.2) is 48.8 Å². The molecule has 7 nitrogen and oxygen atoms in total. The number of carbonyl (C=O) groups excluding carboxylic acids is 3. The molecular formula is C31H44N2O5. The summed E-state index contributed by atoms with van der Waals surface area (Å²) >= 11 is 0. The monoisotopic (exact) mass is 524 g/mol. The number of imide groups is 1. The molecule has 0 radical (unpaired) electrons. The van der Waals surface area contributed by atoms with Gasteiger partial charge in [0.2, 0.25) is 11.8 Å². The summed E-state index contributed by atoms with van der Waals surface area (Å²) in [4.78, 5) is 36.0. The van der Waals surface area contributed by atoms with Crippen LogP contribution < -0.4 is 10.1 Å². The third kappa shape index (κ3) is 10.0. The van der Waals surface area contributed by atoms with Crippen molar-refractivity contribution in [2.24, 2.45) is 5.92 Å². The molecule has 1 saturated heterocycles. The van der Waals surface area contributed by atoms with Crippen LogP contribution in [0.25, 0.3) is 0 Å². The number of hydrogen-bond donors (Lipinski definition) is 1. The quantitative estimate of drug-likeness (QED) is 0.400. The van der Waals surface area contributed by atoms with Crippen molar-refractivity contribution in [3.8, 4) is 5.75 Å². The number of nitrogens with zero attached hydrogens (tertiary/aromatic N) is 1. The average molecular weight is 525 g/mol. The Morgan fingerprint density at radius 2 is 1.53 bits per heavy atom. The summed E-state index contributed by atoms with van der Waals surface area (Å²) in [7, 11) is 0. The van der Waals surface area contributed by atoms with Gasteiger partial charge < -0.3 is 9.47 Å². The molecular weight excluding hydrogens is 480 g/mol. The Labute approximate surface area is 227 Å². The maximum absolute atomic E-state index is 12.7. The van der Waals surface area contributed by atoms with E-state index >= 15 is 0 Å². The Morgan fingerprint density at radius 1 is 0.921 bits per heavy atom. The number of rotatable bonds is 11. The average Bonchev–Trinajstić information content (AvgIpc) is 2.96. The Balaban J connectivity index is 0.000000484. The highest BCUT2D eigenvalue weighted by molar-refractivity contribution is 5.99. The van der Waals surface area contributed by atoms with Gasteiger partial charge in [-0.15, -0.1) is 0 Å². The van der Waals surface area contributed by atoms with Gasteiger partial charge in [-0.25, -0.2) is 0 Å². The first-order valence-corrected chi connectivity index (χ1v) is 13.8. The van der Waals surface area contributed by atoms with Gasteiger partial charge in [-0.3, -0.25) is 24.6 Å². The number of morpholine rings is 1. The lowest BCUT2D eigenvalue weighted by Crippen LogP contribution is -2.35. The molecule has 1 aliphatic heterocycles. The molecule has 7 heteroatoms. The molecule has 0 aromatic heterocycles. The fraction of sp³-hybridized carbons (Fsp3) is 0.516. The van der Waals surface area contributed by atoms with E-state index in [0.717, 1.165) is 68.1 Å². The number of hydrogen-bond acceptors (Lipinski definition) is 6. The van der Waals surface area contributed by atoms with Crippen molar-refractivity contribution < 1.29 is 23.9 Å². The van der Waals surface area contributed by atoms with Crippen molar-refractivity contribution in [3.05, 3.63) is 64.7 Å². The van der Waals surface area contributed by atoms with E-state index in [1.807, 2.05) is 25.1 Å². The van der Waals surface area contributed by atoms with Crippen LogP contribution in [0.1, 0.15) is 80.9 Å². The van der Waals surface area contributed by atoms with Crippen molar-refractivity contribution in [2.75, 3.05) is 26.3 Å². The first kappa shape index (κ1) is 31.2. The predicted molar refractivity (Wildman–Crippen MR) is 150 cm³/mol. The first-order chi connectivity index (χ1) is 18.3. The van der Waals surface area contributed by atoms with E-state index in [2.05, 4.69) is 48.3 Å². The second kappa shape index (κ2) is 16.7. The highest BCUT2D eigenvalue weighted by Crippen LogP contribution is 2.27. The summed E-state index contributed by atoms with van der Waals surface area (Å²) in [6.45, 7) is 14.6. The van der Waals surface area contributed by atoms with Crippen LogP contribution in [0.3, 0.4) is 0 Å². The van der Waals surface area contributed by atoms with Crippen molar-refractivity contribution in [1.29, 1.82) is 0 Å². The number of benzene rings is 2. The van der Waals surface area contributed by atoms with Crippen LogP contribution >= 0.6 is 0 Å². The summed E-state index contributed by atoms with van der Waals surface area (Å²) in [5.74, 6) is 0.652. The van der Waals surface area contributed by atoms with Gasteiger partial charge in [0.05, 0.1) is 13.2 Å². The SMILES string of the molecule is CCC(=O)NC(=O)CC.CCc1c(OCc2ccc(CN3CCOCC3)cc2)cccc1C(=O)C(C)CC. The molecule has 1 heterocycles. The molecule has 2 aromatic rings. The number of carbonyl (C=O) groups is 3. The summed E-state index contributed by atoms with van der Waals surface area (Å²) in [6, 6.07) is 14.5. The second-order valence-corrected chi connectivity index (χ2v) is 9.48. The smallest absolute Gasteiger partial charge is 0.226 e. The Kier molecular flexibility index (Phi) is 13.7. The van der Waals surface area contributed by atoms with E-state index in [0.29, 0.717) is 19.4 Å². The lowest BCUT2D eigenvalue weighted by molar-refractivity contribution is -0.130. The maximum atomic E-state index is 12.7. The van der Waals surface area contributed by atoms with Crippen LogP contribution in [0.15, 0.2) is 42.5 Å². The molecule has 38 heavy (non-hydrogen) atoms. The molecule has 0 aliphatic carbocycles. The van der Waals surface area contributed by atoms with Gasteiger partial charge in [-0.1, -0.05) is 71.0 Å². The number of ether oxygens (including phenoxy) is 2. The van der Waals surface area contributed by atoms with Gasteiger partial charge in [-0.05, 0) is 30.0 Å². The minimum absolute atomic E-state index is 0.0366. The minimum atomic E-state index is -0.207. The highest BCUT2D eigenvalue weighted by Gasteiger charge is 2.19. The molecule has 3 rings (SSSR count). The van der Waals surface area contributed by atoms with Crippen LogP contribution in [0.4, 0.5) is 0 Å². The van der Waals surface area contributed by atoms with Crippen molar-refractivity contribution >= 4 is 17.6 Å². The van der Waals surface area contributed by atoms with E-state index in [9.17, 15) is 14.4 Å². The molecule has 0 bridgehead atoms. The lowest BCUT2D eigenvalue weighted by atomic mass is 9.92. The third-order valence-electron chi connectivity index (χ3n) is 6.66. The molecule has 1 unspecified atom stereocenters. The number of nitrogens with one attached hydrogen (secondary N) is 1. The van der Waals surface area contributed by atoms with Crippen molar-refractivity contribution in [1.82, 2.24) is 10.2 Å². The minimum Gasteiger partial charge on any atom is -0.489 e. The molecule has 1 fully saturated rings. The summed E-state index contributed by atoms with van der Waals surface area (Å²) < 4.78 is 11.5. The Morgan fingerprint density at radius 3 is 2.08 bits per heavy atom. The zero-order valence-corrected chi connectivity index (χ0v) is 23.7. The highest BCUT2D eigenvalue weighted by atomic mass is 16.5. The van der Waals surface area contributed by atoms with Gasteiger partial charge in [0, 0.05) is 49.5 Å². The van der Waals surface area contributed by atoms with Gasteiger partial charge in [0.15, 0.2) is 5.78 Å². The fourth-order valence-electron chi connectivity index (χ4n) is 4.00. The number of ketones is 1. The van der Waals surface area contributed by atoms with E-state index < -0.39 is 0 Å². The van der Waals surface area contributed by atoms with Crippen molar-refractivity contribution in [3.63, 3.8) is 0 Å². The van der Waals surface area contributed by atoms with E-state index in [4.69, 9.17) is 9.47 Å². The molecule has 1 aliphatic rings. The molecule has 1 atom stereocenters. The van der Waals surface area contributed by atoms with Crippen LogP contribution in [0.5, 0.6) is 5.75 Å². The van der Waals surface area contributed by atoms with E-state index in [1.165, 1.54) is 5.56 Å². The normalized spacial score (nSPS) is 14.1. The van der Waals surface area contributed by atoms with Gasteiger partial charge >= 0.3 is 0 Å². The molecule has 208 valence electrons. The van der Waals surface area contributed by atoms with Crippen LogP contribution in [0.2, 0.25) is 0 Å². The maximum Gasteiger partial charge on any atom is 0.226 e. The van der Waals surface area contributed by atoms with Crippen molar-refractivity contribution in [2.45, 2.75) is 73.5 Å². The Bertz CT molecular complexity index is 1020. The standard InChI is InChI=1S/C25H33NO3.C6H11NO2/c1-4-19(3)25(27)23-7-6-8-24(22(23)5-2)29-18-21-11-9-20(10-12-21)17-26-13-15-28-16-14-26;1-3-5(8)7-6(9)4-2/h6-12,19H,4-5,13-18H2,1-3H3;3-4H2,1-2H3,(H,7,8,9). The van der Waals surface area contributed by atoms with E-state index in [1.54, 1.807) is 13.8 Å². The van der Waals surface area contributed by atoms with Gasteiger partial charge in [-0.2, -0.15) is 0 Å². The molecule has 2 amide bonds.